The van der Waals surface area contributed by atoms with Crippen LogP contribution >= 0.6 is 0 Å². The lowest BCUT2D eigenvalue weighted by molar-refractivity contribution is -0.116. The molecule has 0 spiro atoms. The average Bonchev–Trinajstić information content (AvgIpc) is 2.92. The highest BCUT2D eigenvalue weighted by molar-refractivity contribution is 7.89. The van der Waals surface area contributed by atoms with Crippen LogP contribution in [0.15, 0.2) is 47.4 Å². The lowest BCUT2D eigenvalue weighted by Gasteiger charge is -2.11. The number of fused-ring (bicyclic) bond motifs is 1. The van der Waals surface area contributed by atoms with Crippen molar-refractivity contribution in [2.75, 3.05) is 25.1 Å². The molecule has 1 amide bonds. The molecule has 7 nitrogen and oxygen atoms in total. The second kappa shape index (κ2) is 9.03. The van der Waals surface area contributed by atoms with Crippen LogP contribution in [-0.4, -0.2) is 34.1 Å². The maximum atomic E-state index is 13.5. The quantitative estimate of drug-likeness (QED) is 0.687. The van der Waals surface area contributed by atoms with E-state index in [2.05, 4.69) is 10.0 Å². The first-order valence-electron chi connectivity index (χ1n) is 8.89. The van der Waals surface area contributed by atoms with Gasteiger partial charge in [0.2, 0.25) is 15.9 Å². The zero-order chi connectivity index (χ0) is 20.0. The Kier molecular flexibility index (Phi) is 6.48. The molecule has 0 fully saturated rings. The molecular weight excluding hydrogens is 387 g/mol. The summed E-state index contributed by atoms with van der Waals surface area (Å²) < 4.78 is 51.8. The van der Waals surface area contributed by atoms with Crippen molar-refractivity contribution in [2.24, 2.45) is 0 Å². The molecule has 0 radical (unpaired) electrons. The van der Waals surface area contributed by atoms with Crippen molar-refractivity contribution in [1.82, 2.24) is 4.72 Å². The smallest absolute Gasteiger partial charge is 0.240 e. The third kappa shape index (κ3) is 5.20. The first-order valence-corrected chi connectivity index (χ1v) is 10.4. The van der Waals surface area contributed by atoms with Crippen molar-refractivity contribution in [1.29, 1.82) is 0 Å². The van der Waals surface area contributed by atoms with Crippen molar-refractivity contribution < 1.29 is 27.1 Å². The number of ether oxygens (including phenoxy) is 2. The number of carbonyl (C=O) groups excluding carboxylic acids is 1. The van der Waals surface area contributed by atoms with Gasteiger partial charge in [-0.3, -0.25) is 4.79 Å². The molecule has 2 aromatic rings. The summed E-state index contributed by atoms with van der Waals surface area (Å²) in [6.45, 7) is 1.05. The van der Waals surface area contributed by atoms with E-state index < -0.39 is 15.8 Å². The molecule has 0 aliphatic carbocycles. The molecule has 2 aromatic carbocycles. The van der Waals surface area contributed by atoms with Gasteiger partial charge in [0.1, 0.15) is 5.82 Å². The fourth-order valence-corrected chi connectivity index (χ4v) is 3.71. The van der Waals surface area contributed by atoms with E-state index in [0.29, 0.717) is 24.7 Å². The van der Waals surface area contributed by atoms with Gasteiger partial charge in [-0.05, 0) is 30.7 Å². The van der Waals surface area contributed by atoms with Gasteiger partial charge in [-0.1, -0.05) is 12.1 Å². The standard InChI is InChI=1S/C19H21FN2O5S/c20-15-5-1-2-6-16(15)22-19(23)7-3-10-21-28(24,25)14-8-9-17-18(13-14)27-12-4-11-26-17/h1-2,5-6,8-9,13,21H,3-4,7,10-12H2,(H,22,23). The molecule has 0 unspecified atom stereocenters. The number of hydrogen-bond donors (Lipinski definition) is 2. The van der Waals surface area contributed by atoms with Gasteiger partial charge in [0, 0.05) is 25.5 Å². The van der Waals surface area contributed by atoms with E-state index in [9.17, 15) is 17.6 Å². The van der Waals surface area contributed by atoms with E-state index in [0.717, 1.165) is 6.42 Å². The molecule has 1 heterocycles. The number of sulfonamides is 1. The summed E-state index contributed by atoms with van der Waals surface area (Å²) in [6, 6.07) is 10.3. The van der Waals surface area contributed by atoms with Crippen molar-refractivity contribution in [3.8, 4) is 11.5 Å². The summed E-state index contributed by atoms with van der Waals surface area (Å²) in [7, 11) is -3.75. The van der Waals surface area contributed by atoms with Gasteiger partial charge in [-0.15, -0.1) is 0 Å². The van der Waals surface area contributed by atoms with Gasteiger partial charge >= 0.3 is 0 Å². The fraction of sp³-hybridized carbons (Fsp3) is 0.316. The van der Waals surface area contributed by atoms with Gasteiger partial charge in [0.05, 0.1) is 23.8 Å². The maximum Gasteiger partial charge on any atom is 0.240 e. The van der Waals surface area contributed by atoms with Crippen LogP contribution in [0.1, 0.15) is 19.3 Å². The average molecular weight is 408 g/mol. The molecule has 1 aliphatic heterocycles. The predicted molar refractivity (Wildman–Crippen MR) is 102 cm³/mol. The van der Waals surface area contributed by atoms with Gasteiger partial charge in [0.25, 0.3) is 0 Å². The van der Waals surface area contributed by atoms with Crippen molar-refractivity contribution in [3.63, 3.8) is 0 Å². The topological polar surface area (TPSA) is 93.7 Å². The van der Waals surface area contributed by atoms with Crippen molar-refractivity contribution in [2.45, 2.75) is 24.2 Å². The molecule has 0 saturated carbocycles. The largest absolute Gasteiger partial charge is 0.490 e. The normalized spacial score (nSPS) is 13.6. The number of hydrogen-bond acceptors (Lipinski definition) is 5. The minimum atomic E-state index is -3.75. The number of halogens is 1. The molecule has 0 bridgehead atoms. The molecule has 0 atom stereocenters. The zero-order valence-electron chi connectivity index (χ0n) is 15.1. The highest BCUT2D eigenvalue weighted by Crippen LogP contribution is 2.31. The monoisotopic (exact) mass is 408 g/mol. The Labute approximate surface area is 162 Å². The summed E-state index contributed by atoms with van der Waals surface area (Å²) in [6.07, 6.45) is 1.05. The minimum Gasteiger partial charge on any atom is -0.490 e. The molecule has 9 heteroatoms. The van der Waals surface area contributed by atoms with Crippen LogP contribution in [0.4, 0.5) is 10.1 Å². The number of nitrogens with one attached hydrogen (secondary N) is 2. The van der Waals surface area contributed by atoms with E-state index >= 15 is 0 Å². The fourth-order valence-electron chi connectivity index (χ4n) is 2.62. The zero-order valence-corrected chi connectivity index (χ0v) is 15.9. The Morgan fingerprint density at radius 3 is 2.61 bits per heavy atom. The first kappa shape index (κ1) is 20.1. The van der Waals surface area contributed by atoms with Gasteiger partial charge < -0.3 is 14.8 Å². The van der Waals surface area contributed by atoms with Crippen molar-refractivity contribution in [3.05, 3.63) is 48.3 Å². The van der Waals surface area contributed by atoms with E-state index in [1.54, 1.807) is 12.1 Å². The summed E-state index contributed by atoms with van der Waals surface area (Å²) in [4.78, 5) is 11.9. The van der Waals surface area contributed by atoms with Crippen LogP contribution in [0.5, 0.6) is 11.5 Å². The molecule has 0 aromatic heterocycles. The van der Waals surface area contributed by atoms with Crippen molar-refractivity contribution >= 4 is 21.6 Å². The minimum absolute atomic E-state index is 0.0536. The van der Waals surface area contributed by atoms with E-state index in [4.69, 9.17) is 9.47 Å². The van der Waals surface area contributed by atoms with Crippen LogP contribution < -0.4 is 19.5 Å². The predicted octanol–water partition coefficient (Wildman–Crippen LogP) is 2.68. The molecule has 0 saturated heterocycles. The highest BCUT2D eigenvalue weighted by Gasteiger charge is 2.18. The van der Waals surface area contributed by atoms with Crippen LogP contribution in [0, 0.1) is 5.82 Å². The lowest BCUT2D eigenvalue weighted by Crippen LogP contribution is -2.26. The molecule has 150 valence electrons. The summed E-state index contributed by atoms with van der Waals surface area (Å²) >= 11 is 0. The van der Waals surface area contributed by atoms with Crippen LogP contribution in [0.2, 0.25) is 0 Å². The number of para-hydroxylation sites is 1. The Hall–Kier alpha value is -2.65. The Morgan fingerprint density at radius 1 is 1.07 bits per heavy atom. The summed E-state index contributed by atoms with van der Waals surface area (Å²) in [5, 5.41) is 2.46. The third-order valence-corrected chi connectivity index (χ3v) is 5.51. The van der Waals surface area contributed by atoms with Gasteiger partial charge in [0.15, 0.2) is 11.5 Å². The molecular formula is C19H21FN2O5S. The lowest BCUT2D eigenvalue weighted by atomic mass is 10.2. The molecule has 2 N–H and O–H groups in total. The van der Waals surface area contributed by atoms with Crippen LogP contribution in [-0.2, 0) is 14.8 Å². The number of benzene rings is 2. The number of rotatable bonds is 7. The van der Waals surface area contributed by atoms with E-state index in [-0.39, 0.29) is 35.9 Å². The first-order chi connectivity index (χ1) is 13.5. The Morgan fingerprint density at radius 2 is 1.82 bits per heavy atom. The second-order valence-corrected chi connectivity index (χ2v) is 7.96. The highest BCUT2D eigenvalue weighted by atomic mass is 32.2. The van der Waals surface area contributed by atoms with Gasteiger partial charge in [-0.25, -0.2) is 17.5 Å². The summed E-state index contributed by atoms with van der Waals surface area (Å²) in [5.41, 5.74) is 0.0975. The van der Waals surface area contributed by atoms with E-state index in [1.807, 2.05) is 0 Å². The maximum absolute atomic E-state index is 13.5. The molecule has 1 aliphatic rings. The summed E-state index contributed by atoms with van der Waals surface area (Å²) in [5.74, 6) is -0.00301. The van der Waals surface area contributed by atoms with Gasteiger partial charge in [-0.2, -0.15) is 0 Å². The molecule has 3 rings (SSSR count). The number of anilines is 1. The van der Waals surface area contributed by atoms with Crippen LogP contribution in [0.25, 0.3) is 0 Å². The second-order valence-electron chi connectivity index (χ2n) is 6.19. The third-order valence-electron chi connectivity index (χ3n) is 4.05. The number of amides is 1. The molecule has 28 heavy (non-hydrogen) atoms. The van der Waals surface area contributed by atoms with Crippen LogP contribution in [0.3, 0.4) is 0 Å². The van der Waals surface area contributed by atoms with E-state index in [1.165, 1.54) is 30.3 Å². The Balaban J connectivity index is 1.51. The SMILES string of the molecule is O=C(CCCNS(=O)(=O)c1ccc2c(c1)OCCCO2)Nc1ccccc1F. The number of carbonyl (C=O) groups is 1. The Bertz CT molecular complexity index is 949.